The molecule has 4 heteroatoms. The zero-order valence-corrected chi connectivity index (χ0v) is 10.8. The summed E-state index contributed by atoms with van der Waals surface area (Å²) in [5.74, 6) is 0.792. The van der Waals surface area contributed by atoms with Gasteiger partial charge in [0.25, 0.3) is 0 Å². The Morgan fingerprint density at radius 1 is 1.06 bits per heavy atom. The molecule has 1 aromatic rings. The van der Waals surface area contributed by atoms with Gasteiger partial charge < -0.3 is 10.5 Å². The molecule has 0 radical (unpaired) electrons. The molecule has 0 aliphatic heterocycles. The molecule has 0 spiro atoms. The maximum Gasteiger partial charge on any atom is 0.220 e. The molecule has 1 heterocycles. The average Bonchev–Trinajstić information content (AvgIpc) is 2.77. The number of aryl methyl sites for hydroxylation is 1. The molecule has 1 saturated carbocycles. The summed E-state index contributed by atoms with van der Waals surface area (Å²) >= 11 is 0. The highest BCUT2D eigenvalue weighted by Gasteiger charge is 2.25. The molecule has 18 heavy (non-hydrogen) atoms. The van der Waals surface area contributed by atoms with E-state index in [1.54, 1.807) is 6.33 Å². The first-order valence-corrected chi connectivity index (χ1v) is 7.09. The second kappa shape index (κ2) is 5.22. The number of hydrogen-bond donors (Lipinski definition) is 1. The fourth-order valence-corrected chi connectivity index (χ4v) is 3.02. The zero-order chi connectivity index (χ0) is 12.4. The monoisotopic (exact) mass is 247 g/mol. The molecule has 0 aromatic carbocycles. The van der Waals surface area contributed by atoms with Crippen molar-refractivity contribution >= 4 is 0 Å². The number of nitrogens with two attached hydrogens (primary N) is 1. The van der Waals surface area contributed by atoms with Gasteiger partial charge in [-0.2, -0.15) is 0 Å². The van der Waals surface area contributed by atoms with Crippen molar-refractivity contribution in [3.63, 3.8) is 0 Å². The summed E-state index contributed by atoms with van der Waals surface area (Å²) in [5.41, 5.74) is 8.59. The largest absolute Gasteiger partial charge is 0.472 e. The van der Waals surface area contributed by atoms with Crippen LogP contribution in [-0.4, -0.2) is 22.1 Å². The van der Waals surface area contributed by atoms with Crippen LogP contribution in [0.4, 0.5) is 0 Å². The van der Waals surface area contributed by atoms with E-state index >= 15 is 0 Å². The Kier molecular flexibility index (Phi) is 3.46. The molecule has 98 valence electrons. The van der Waals surface area contributed by atoms with E-state index in [4.69, 9.17) is 10.5 Å². The van der Waals surface area contributed by atoms with Crippen molar-refractivity contribution in [3.8, 4) is 5.88 Å². The minimum absolute atomic E-state index is 0.132. The first-order chi connectivity index (χ1) is 8.84. The summed E-state index contributed by atoms with van der Waals surface area (Å²) in [6.07, 6.45) is 10.9. The molecule has 0 saturated heterocycles. The van der Waals surface area contributed by atoms with E-state index in [9.17, 15) is 0 Å². The molecule has 2 aliphatic carbocycles. The van der Waals surface area contributed by atoms with Crippen molar-refractivity contribution < 1.29 is 4.74 Å². The summed E-state index contributed by atoms with van der Waals surface area (Å²) in [6, 6.07) is 0.152. The maximum absolute atomic E-state index is 6.20. The van der Waals surface area contributed by atoms with Crippen LogP contribution in [0.3, 0.4) is 0 Å². The van der Waals surface area contributed by atoms with Crippen LogP contribution in [0.15, 0.2) is 6.33 Å². The standard InChI is InChI=1S/C14H21N3O/c15-11-6-2-1-3-8-13(11)18-14-10-5-4-7-12(10)16-9-17-14/h9,11,13H,1-8,15H2. The van der Waals surface area contributed by atoms with E-state index in [0.29, 0.717) is 0 Å². The van der Waals surface area contributed by atoms with E-state index in [0.717, 1.165) is 31.6 Å². The number of rotatable bonds is 2. The molecule has 0 bridgehead atoms. The second-order valence-corrected chi connectivity index (χ2v) is 5.42. The Morgan fingerprint density at radius 2 is 1.94 bits per heavy atom. The first kappa shape index (κ1) is 11.9. The third-order valence-electron chi connectivity index (χ3n) is 4.10. The molecule has 2 aliphatic rings. The molecule has 4 nitrogen and oxygen atoms in total. The van der Waals surface area contributed by atoms with Crippen LogP contribution in [-0.2, 0) is 12.8 Å². The lowest BCUT2D eigenvalue weighted by atomic mass is 10.1. The Hall–Kier alpha value is -1.16. The Bertz CT molecular complexity index is 422. The molecule has 1 fully saturated rings. The summed E-state index contributed by atoms with van der Waals surface area (Å²) in [6.45, 7) is 0. The van der Waals surface area contributed by atoms with Gasteiger partial charge in [-0.1, -0.05) is 12.8 Å². The molecule has 1 aromatic heterocycles. The lowest BCUT2D eigenvalue weighted by Gasteiger charge is -2.23. The second-order valence-electron chi connectivity index (χ2n) is 5.42. The fourth-order valence-electron chi connectivity index (χ4n) is 3.02. The quantitative estimate of drug-likeness (QED) is 0.812. The van der Waals surface area contributed by atoms with Crippen molar-refractivity contribution in [2.24, 2.45) is 5.73 Å². The van der Waals surface area contributed by atoms with Gasteiger partial charge in [0, 0.05) is 11.6 Å². The molecule has 0 amide bonds. The lowest BCUT2D eigenvalue weighted by Crippen LogP contribution is -2.38. The van der Waals surface area contributed by atoms with Gasteiger partial charge in [-0.05, 0) is 38.5 Å². The minimum Gasteiger partial charge on any atom is -0.472 e. The molecule has 2 atom stereocenters. The van der Waals surface area contributed by atoms with Crippen molar-refractivity contribution in [1.29, 1.82) is 0 Å². The highest BCUT2D eigenvalue weighted by molar-refractivity contribution is 5.33. The molecule has 2 unspecified atom stereocenters. The number of nitrogens with zero attached hydrogens (tertiary/aromatic N) is 2. The molecular formula is C14H21N3O. The van der Waals surface area contributed by atoms with Crippen LogP contribution < -0.4 is 10.5 Å². The molecular weight excluding hydrogens is 226 g/mol. The van der Waals surface area contributed by atoms with Crippen LogP contribution in [0.1, 0.15) is 49.8 Å². The number of hydrogen-bond acceptors (Lipinski definition) is 4. The highest BCUT2D eigenvalue weighted by atomic mass is 16.5. The topological polar surface area (TPSA) is 61.0 Å². The third-order valence-corrected chi connectivity index (χ3v) is 4.10. The van der Waals surface area contributed by atoms with Crippen molar-refractivity contribution in [2.75, 3.05) is 0 Å². The van der Waals surface area contributed by atoms with Gasteiger partial charge in [-0.25, -0.2) is 9.97 Å². The van der Waals surface area contributed by atoms with Gasteiger partial charge >= 0.3 is 0 Å². The van der Waals surface area contributed by atoms with Gasteiger partial charge in [0.15, 0.2) is 0 Å². The smallest absolute Gasteiger partial charge is 0.220 e. The third kappa shape index (κ3) is 2.34. The summed E-state index contributed by atoms with van der Waals surface area (Å²) in [4.78, 5) is 8.65. The van der Waals surface area contributed by atoms with E-state index in [-0.39, 0.29) is 12.1 Å². The zero-order valence-electron chi connectivity index (χ0n) is 10.8. The Morgan fingerprint density at radius 3 is 2.89 bits per heavy atom. The van der Waals surface area contributed by atoms with Crippen molar-refractivity contribution in [2.45, 2.75) is 63.5 Å². The van der Waals surface area contributed by atoms with Crippen LogP contribution in [0, 0.1) is 0 Å². The van der Waals surface area contributed by atoms with Crippen molar-refractivity contribution in [1.82, 2.24) is 9.97 Å². The van der Waals surface area contributed by atoms with Gasteiger partial charge in [-0.15, -0.1) is 0 Å². The van der Waals surface area contributed by atoms with E-state index in [1.807, 2.05) is 0 Å². The fraction of sp³-hybridized carbons (Fsp3) is 0.714. The van der Waals surface area contributed by atoms with Crippen molar-refractivity contribution in [3.05, 3.63) is 17.6 Å². The summed E-state index contributed by atoms with van der Waals surface area (Å²) in [5, 5.41) is 0. The van der Waals surface area contributed by atoms with Gasteiger partial charge in [0.1, 0.15) is 12.4 Å². The van der Waals surface area contributed by atoms with Crippen LogP contribution in [0.5, 0.6) is 5.88 Å². The van der Waals surface area contributed by atoms with Crippen LogP contribution in [0.2, 0.25) is 0 Å². The SMILES string of the molecule is NC1CCCCCC1Oc1ncnc2c1CCC2. The highest BCUT2D eigenvalue weighted by Crippen LogP contribution is 2.29. The summed E-state index contributed by atoms with van der Waals surface area (Å²) < 4.78 is 6.11. The van der Waals surface area contributed by atoms with Gasteiger partial charge in [0.05, 0.1) is 5.69 Å². The molecule has 2 N–H and O–H groups in total. The minimum atomic E-state index is 0.132. The Balaban J connectivity index is 1.77. The average molecular weight is 247 g/mol. The summed E-state index contributed by atoms with van der Waals surface area (Å²) in [7, 11) is 0. The number of ether oxygens (including phenoxy) is 1. The Labute approximate surface area is 108 Å². The van der Waals surface area contributed by atoms with E-state index in [1.165, 1.54) is 36.9 Å². The predicted molar refractivity (Wildman–Crippen MR) is 69.5 cm³/mol. The predicted octanol–water partition coefficient (Wildman–Crippen LogP) is 2.00. The van der Waals surface area contributed by atoms with E-state index in [2.05, 4.69) is 9.97 Å². The normalized spacial score (nSPS) is 27.6. The maximum atomic E-state index is 6.20. The van der Waals surface area contributed by atoms with E-state index < -0.39 is 0 Å². The number of aromatic nitrogens is 2. The van der Waals surface area contributed by atoms with Gasteiger partial charge in [-0.3, -0.25) is 0 Å². The van der Waals surface area contributed by atoms with Gasteiger partial charge in [0.2, 0.25) is 5.88 Å². The number of fused-ring (bicyclic) bond motifs is 1. The van der Waals surface area contributed by atoms with Crippen LogP contribution in [0.25, 0.3) is 0 Å². The molecule has 3 rings (SSSR count). The van der Waals surface area contributed by atoms with Crippen LogP contribution >= 0.6 is 0 Å². The lowest BCUT2D eigenvalue weighted by molar-refractivity contribution is 0.154. The first-order valence-electron chi connectivity index (χ1n) is 7.09.